The Hall–Kier alpha value is -3.21. The van der Waals surface area contributed by atoms with Crippen molar-refractivity contribution < 1.29 is 14.3 Å². The molecule has 184 valence electrons. The molecule has 1 aliphatic rings. The van der Waals surface area contributed by atoms with E-state index in [4.69, 9.17) is 27.9 Å². The van der Waals surface area contributed by atoms with Gasteiger partial charge in [0.15, 0.2) is 0 Å². The van der Waals surface area contributed by atoms with Crippen molar-refractivity contribution in [3.8, 4) is 0 Å². The molecule has 0 radical (unpaired) electrons. The third-order valence-electron chi connectivity index (χ3n) is 6.54. The minimum Gasteiger partial charge on any atom is -0.462 e. The van der Waals surface area contributed by atoms with Crippen LogP contribution >= 0.6 is 23.2 Å². The van der Waals surface area contributed by atoms with Crippen molar-refractivity contribution in [2.24, 2.45) is 10.9 Å². The monoisotopic (exact) mass is 519 g/mol. The molecule has 3 aromatic rings. The smallest absolute Gasteiger partial charge is 0.336 e. The van der Waals surface area contributed by atoms with E-state index >= 15 is 0 Å². The van der Waals surface area contributed by atoms with Gasteiger partial charge in [-0.15, -0.1) is 0 Å². The van der Waals surface area contributed by atoms with E-state index < -0.39 is 17.8 Å². The van der Waals surface area contributed by atoms with Crippen molar-refractivity contribution in [2.75, 3.05) is 6.61 Å². The van der Waals surface area contributed by atoms with Crippen LogP contribution in [0.4, 0.5) is 0 Å². The number of hydrogen-bond acceptors (Lipinski definition) is 4. The van der Waals surface area contributed by atoms with Crippen LogP contribution in [0.25, 0.3) is 0 Å². The van der Waals surface area contributed by atoms with Gasteiger partial charge in [-0.25, -0.2) is 4.79 Å². The van der Waals surface area contributed by atoms with Crippen LogP contribution in [0.15, 0.2) is 95.1 Å². The molecular formula is C30H27Cl2NO3. The van der Waals surface area contributed by atoms with E-state index in [1.54, 1.807) is 32.0 Å². The van der Waals surface area contributed by atoms with Crippen LogP contribution in [0.5, 0.6) is 0 Å². The average molecular weight is 520 g/mol. The second-order valence-corrected chi connectivity index (χ2v) is 9.77. The number of carbonyl (C=O) groups is 2. The van der Waals surface area contributed by atoms with Crippen molar-refractivity contribution >= 4 is 41.2 Å². The summed E-state index contributed by atoms with van der Waals surface area (Å²) in [6.07, 6.45) is 1.43. The highest BCUT2D eigenvalue weighted by molar-refractivity contribution is 6.34. The van der Waals surface area contributed by atoms with E-state index in [1.807, 2.05) is 36.4 Å². The quantitative estimate of drug-likeness (QED) is 0.230. The Labute approximate surface area is 221 Å². The third-order valence-corrected chi connectivity index (χ3v) is 6.98. The van der Waals surface area contributed by atoms with E-state index in [0.29, 0.717) is 39.0 Å². The normalized spacial score (nSPS) is 17.6. The highest BCUT2D eigenvalue weighted by Gasteiger charge is 2.38. The molecule has 0 saturated heterocycles. The summed E-state index contributed by atoms with van der Waals surface area (Å²) in [4.78, 5) is 30.0. The minimum absolute atomic E-state index is 0.0761. The number of ether oxygens (including phenoxy) is 1. The molecule has 1 aliphatic heterocycles. The minimum atomic E-state index is -0.618. The maximum Gasteiger partial charge on any atom is 0.336 e. The Morgan fingerprint density at radius 1 is 0.944 bits per heavy atom. The van der Waals surface area contributed by atoms with Crippen LogP contribution in [0.1, 0.15) is 48.8 Å². The summed E-state index contributed by atoms with van der Waals surface area (Å²) < 4.78 is 5.82. The average Bonchev–Trinajstić information content (AvgIpc) is 2.86. The van der Waals surface area contributed by atoms with E-state index in [1.165, 1.54) is 0 Å². The number of aliphatic imine (C=N–C) groups is 1. The van der Waals surface area contributed by atoms with E-state index in [9.17, 15) is 9.59 Å². The Morgan fingerprint density at radius 2 is 1.50 bits per heavy atom. The van der Waals surface area contributed by atoms with Gasteiger partial charge in [0.1, 0.15) is 6.29 Å². The first-order valence-corrected chi connectivity index (χ1v) is 12.6. The number of carbonyl (C=O) groups excluding carboxylic acids is 2. The number of halogens is 2. The van der Waals surface area contributed by atoms with Crippen LogP contribution in [-0.4, -0.2) is 24.6 Å². The van der Waals surface area contributed by atoms with Crippen LogP contribution in [0.3, 0.4) is 0 Å². The van der Waals surface area contributed by atoms with E-state index in [-0.39, 0.29) is 12.5 Å². The Bertz CT molecular complexity index is 1240. The van der Waals surface area contributed by atoms with Crippen molar-refractivity contribution in [3.05, 3.63) is 117 Å². The zero-order valence-corrected chi connectivity index (χ0v) is 21.7. The maximum absolute atomic E-state index is 13.5. The number of hydrogen-bond donors (Lipinski definition) is 0. The number of allylic oxidation sites excluding steroid dienone is 1. The molecule has 1 heterocycles. The highest BCUT2D eigenvalue weighted by atomic mass is 35.5. The van der Waals surface area contributed by atoms with Gasteiger partial charge in [-0.2, -0.15) is 0 Å². The molecule has 0 saturated carbocycles. The molecular weight excluding hydrogens is 493 g/mol. The zero-order chi connectivity index (χ0) is 25.7. The highest BCUT2D eigenvalue weighted by Crippen LogP contribution is 2.40. The fraction of sp³-hybridized carbons (Fsp3) is 0.233. The van der Waals surface area contributed by atoms with Crippen molar-refractivity contribution in [1.29, 1.82) is 0 Å². The Kier molecular flexibility index (Phi) is 8.40. The number of aldehydes is 1. The van der Waals surface area contributed by atoms with Crippen molar-refractivity contribution in [3.63, 3.8) is 0 Å². The molecule has 2 unspecified atom stereocenters. The maximum atomic E-state index is 13.5. The Balaban J connectivity index is 1.59. The van der Waals surface area contributed by atoms with E-state index in [0.717, 1.165) is 17.4 Å². The summed E-state index contributed by atoms with van der Waals surface area (Å²) in [5.41, 5.74) is 4.50. The number of benzene rings is 3. The first kappa shape index (κ1) is 25.9. The number of rotatable bonds is 8. The van der Waals surface area contributed by atoms with Gasteiger partial charge in [0.05, 0.1) is 18.1 Å². The molecule has 0 bridgehead atoms. The van der Waals surface area contributed by atoms with Gasteiger partial charge in [-0.1, -0.05) is 83.9 Å². The number of nitrogens with zero attached hydrogens (tertiary/aromatic N) is 1. The summed E-state index contributed by atoms with van der Waals surface area (Å²) in [5.74, 6) is -1.61. The molecule has 6 heteroatoms. The van der Waals surface area contributed by atoms with Gasteiger partial charge < -0.3 is 9.53 Å². The van der Waals surface area contributed by atoms with E-state index in [2.05, 4.69) is 29.3 Å². The lowest BCUT2D eigenvalue weighted by molar-refractivity contribution is -0.139. The summed E-state index contributed by atoms with van der Waals surface area (Å²) in [6, 6.07) is 25.4. The largest absolute Gasteiger partial charge is 0.462 e. The van der Waals surface area contributed by atoms with Gasteiger partial charge >= 0.3 is 5.97 Å². The zero-order valence-electron chi connectivity index (χ0n) is 20.2. The molecule has 0 aromatic heterocycles. The predicted molar refractivity (Wildman–Crippen MR) is 145 cm³/mol. The molecule has 0 fully saturated rings. The molecule has 4 rings (SSSR count). The van der Waals surface area contributed by atoms with Crippen LogP contribution < -0.4 is 0 Å². The summed E-state index contributed by atoms with van der Waals surface area (Å²) in [5, 5.41) is 0.863. The fourth-order valence-corrected chi connectivity index (χ4v) is 5.41. The molecule has 0 N–H and O–H groups in total. The van der Waals surface area contributed by atoms with Gasteiger partial charge in [0.2, 0.25) is 0 Å². The SMILES string of the molecule is CC1=NC(C)=C(C(=O)OCCC(c2ccccc2)c2ccccc2)C(c2cc(Cl)cc(Cl)c2)C1C=O. The van der Waals surface area contributed by atoms with Crippen LogP contribution in [0, 0.1) is 5.92 Å². The third kappa shape index (κ3) is 5.77. The summed E-state index contributed by atoms with van der Waals surface area (Å²) in [7, 11) is 0. The second-order valence-electron chi connectivity index (χ2n) is 8.89. The lowest BCUT2D eigenvalue weighted by Gasteiger charge is -2.30. The number of esters is 1. The van der Waals surface area contributed by atoms with Gasteiger partial charge in [0.25, 0.3) is 0 Å². The Morgan fingerprint density at radius 3 is 2.03 bits per heavy atom. The van der Waals surface area contributed by atoms with Gasteiger partial charge in [-0.3, -0.25) is 4.99 Å². The predicted octanol–water partition coefficient (Wildman–Crippen LogP) is 7.41. The van der Waals surface area contributed by atoms with Crippen LogP contribution in [-0.2, 0) is 14.3 Å². The lowest BCUT2D eigenvalue weighted by atomic mass is 9.76. The molecule has 0 spiro atoms. The molecule has 2 atom stereocenters. The van der Waals surface area contributed by atoms with Crippen LogP contribution in [0.2, 0.25) is 10.0 Å². The first-order chi connectivity index (χ1) is 17.4. The van der Waals surface area contributed by atoms with Gasteiger partial charge in [0, 0.05) is 33.3 Å². The molecule has 0 amide bonds. The first-order valence-electron chi connectivity index (χ1n) is 11.8. The second kappa shape index (κ2) is 11.7. The molecule has 0 aliphatic carbocycles. The van der Waals surface area contributed by atoms with Crippen molar-refractivity contribution in [1.82, 2.24) is 0 Å². The molecule has 36 heavy (non-hydrogen) atoms. The fourth-order valence-electron chi connectivity index (χ4n) is 4.87. The summed E-state index contributed by atoms with van der Waals surface area (Å²) >= 11 is 12.5. The van der Waals surface area contributed by atoms with Crippen molar-refractivity contribution in [2.45, 2.75) is 32.1 Å². The molecule has 4 nitrogen and oxygen atoms in total. The topological polar surface area (TPSA) is 55.7 Å². The summed E-state index contributed by atoms with van der Waals surface area (Å²) in [6.45, 7) is 3.76. The molecule has 3 aromatic carbocycles. The lowest BCUT2D eigenvalue weighted by Crippen LogP contribution is -2.31. The van der Waals surface area contributed by atoms with Gasteiger partial charge in [-0.05, 0) is 55.2 Å². The standard InChI is InChI=1S/C30H27Cl2NO3/c1-19-27(18-34)29(23-15-24(31)17-25(32)16-23)28(20(2)33-19)30(35)36-14-13-26(21-9-5-3-6-10-21)22-11-7-4-8-12-22/h3-12,15-18,26-27,29H,13-14H2,1-2H3.